The van der Waals surface area contributed by atoms with E-state index < -0.39 is 0 Å². The molecule has 3 nitrogen and oxygen atoms in total. The van der Waals surface area contributed by atoms with E-state index in [-0.39, 0.29) is 11.4 Å². The van der Waals surface area contributed by atoms with Crippen LogP contribution in [0.15, 0.2) is 5.03 Å². The van der Waals surface area contributed by atoms with E-state index >= 15 is 0 Å². The SMILES string of the molecule is Cc1nn(C)c(SC(C)(C)C)c1CO. The van der Waals surface area contributed by atoms with Gasteiger partial charge in [-0.15, -0.1) is 11.8 Å². The zero-order valence-corrected chi connectivity index (χ0v) is 10.3. The van der Waals surface area contributed by atoms with E-state index in [1.165, 1.54) is 0 Å². The van der Waals surface area contributed by atoms with Crippen LogP contribution in [0.5, 0.6) is 0 Å². The summed E-state index contributed by atoms with van der Waals surface area (Å²) in [6.45, 7) is 8.46. The van der Waals surface area contributed by atoms with Crippen molar-refractivity contribution in [3.63, 3.8) is 0 Å². The summed E-state index contributed by atoms with van der Waals surface area (Å²) in [6.07, 6.45) is 0. The number of hydrogen-bond acceptors (Lipinski definition) is 3. The van der Waals surface area contributed by atoms with E-state index in [4.69, 9.17) is 0 Å². The van der Waals surface area contributed by atoms with Gasteiger partial charge in [0.15, 0.2) is 0 Å². The maximum absolute atomic E-state index is 9.24. The second-order valence-corrected chi connectivity index (χ2v) is 6.18. The van der Waals surface area contributed by atoms with Gasteiger partial charge in [-0.1, -0.05) is 20.8 Å². The maximum Gasteiger partial charge on any atom is 0.0999 e. The topological polar surface area (TPSA) is 38.0 Å². The van der Waals surface area contributed by atoms with Gasteiger partial charge in [0, 0.05) is 17.4 Å². The molecule has 0 spiro atoms. The van der Waals surface area contributed by atoms with Crippen LogP contribution < -0.4 is 0 Å². The normalized spacial score (nSPS) is 12.1. The summed E-state index contributed by atoms with van der Waals surface area (Å²) in [5, 5.41) is 14.6. The van der Waals surface area contributed by atoms with Crippen molar-refractivity contribution < 1.29 is 5.11 Å². The fourth-order valence-corrected chi connectivity index (χ4v) is 2.37. The van der Waals surface area contributed by atoms with E-state index in [1.54, 1.807) is 11.8 Å². The van der Waals surface area contributed by atoms with Gasteiger partial charge in [0.1, 0.15) is 0 Å². The number of aryl methyl sites for hydroxylation is 2. The summed E-state index contributed by atoms with van der Waals surface area (Å²) >= 11 is 1.74. The number of rotatable bonds is 2. The molecule has 0 amide bonds. The molecule has 14 heavy (non-hydrogen) atoms. The van der Waals surface area contributed by atoms with Crippen molar-refractivity contribution in [2.24, 2.45) is 7.05 Å². The zero-order valence-electron chi connectivity index (χ0n) is 9.46. The first-order chi connectivity index (χ1) is 6.35. The van der Waals surface area contributed by atoms with E-state index in [2.05, 4.69) is 25.9 Å². The van der Waals surface area contributed by atoms with Crippen LogP contribution in [-0.4, -0.2) is 19.6 Å². The molecule has 0 fully saturated rings. The van der Waals surface area contributed by atoms with Crippen molar-refractivity contribution in [3.8, 4) is 0 Å². The van der Waals surface area contributed by atoms with Gasteiger partial charge in [-0.25, -0.2) is 0 Å². The molecule has 80 valence electrons. The number of thioether (sulfide) groups is 1. The highest BCUT2D eigenvalue weighted by Gasteiger charge is 2.19. The van der Waals surface area contributed by atoms with Crippen LogP contribution >= 0.6 is 11.8 Å². The van der Waals surface area contributed by atoms with Gasteiger partial charge in [0.2, 0.25) is 0 Å². The van der Waals surface area contributed by atoms with Crippen molar-refractivity contribution in [1.82, 2.24) is 9.78 Å². The van der Waals surface area contributed by atoms with Crippen molar-refractivity contribution in [1.29, 1.82) is 0 Å². The lowest BCUT2D eigenvalue weighted by atomic mass is 10.3. The Labute approximate surface area is 89.5 Å². The summed E-state index contributed by atoms with van der Waals surface area (Å²) in [5.74, 6) is 0. The van der Waals surface area contributed by atoms with E-state index in [0.29, 0.717) is 0 Å². The Morgan fingerprint density at radius 3 is 2.43 bits per heavy atom. The molecule has 0 atom stereocenters. The molecule has 0 bridgehead atoms. The second-order valence-electron chi connectivity index (χ2n) is 4.37. The lowest BCUT2D eigenvalue weighted by Crippen LogP contribution is -2.09. The fraction of sp³-hybridized carbons (Fsp3) is 0.700. The van der Waals surface area contributed by atoms with Crippen LogP contribution in [0.1, 0.15) is 32.0 Å². The average Bonchev–Trinajstić information content (AvgIpc) is 2.24. The number of aromatic nitrogens is 2. The summed E-state index contributed by atoms with van der Waals surface area (Å²) in [5.41, 5.74) is 1.87. The molecule has 0 aromatic carbocycles. The third-order valence-corrected chi connectivity index (χ3v) is 3.17. The molecule has 0 aliphatic carbocycles. The van der Waals surface area contributed by atoms with E-state index in [0.717, 1.165) is 16.3 Å². The molecule has 0 radical (unpaired) electrons. The number of aliphatic hydroxyl groups excluding tert-OH is 1. The minimum Gasteiger partial charge on any atom is -0.392 e. The lowest BCUT2D eigenvalue weighted by molar-refractivity contribution is 0.277. The molecule has 4 heteroatoms. The maximum atomic E-state index is 9.24. The zero-order chi connectivity index (χ0) is 10.9. The predicted octanol–water partition coefficient (Wildman–Crippen LogP) is 2.11. The first-order valence-electron chi connectivity index (χ1n) is 4.67. The van der Waals surface area contributed by atoms with Gasteiger partial charge < -0.3 is 5.11 Å². The van der Waals surface area contributed by atoms with Gasteiger partial charge in [-0.05, 0) is 6.92 Å². The fourth-order valence-electron chi connectivity index (χ4n) is 1.28. The molecule has 1 rings (SSSR count). The average molecular weight is 214 g/mol. The molecule has 0 saturated carbocycles. The van der Waals surface area contributed by atoms with E-state index in [1.807, 2.05) is 18.7 Å². The van der Waals surface area contributed by atoms with Crippen LogP contribution in [0.4, 0.5) is 0 Å². The Bertz CT molecular complexity index is 326. The minimum atomic E-state index is 0.0675. The highest BCUT2D eigenvalue weighted by atomic mass is 32.2. The molecule has 0 aliphatic heterocycles. The Balaban J connectivity index is 3.06. The molecule has 1 aromatic heterocycles. The van der Waals surface area contributed by atoms with Gasteiger partial charge in [0.25, 0.3) is 0 Å². The standard InChI is InChI=1S/C10H18N2OS/c1-7-8(6-13)9(12(5)11-7)14-10(2,3)4/h13H,6H2,1-5H3. The number of nitrogens with zero attached hydrogens (tertiary/aromatic N) is 2. The number of aliphatic hydroxyl groups is 1. The van der Waals surface area contributed by atoms with Gasteiger partial charge >= 0.3 is 0 Å². The first kappa shape index (κ1) is 11.6. The highest BCUT2D eigenvalue weighted by molar-refractivity contribution is 8.00. The molecule has 0 saturated heterocycles. The number of hydrogen-bond donors (Lipinski definition) is 1. The third kappa shape index (κ3) is 2.51. The second kappa shape index (κ2) is 3.95. The van der Waals surface area contributed by atoms with Crippen LogP contribution in [-0.2, 0) is 13.7 Å². The largest absolute Gasteiger partial charge is 0.392 e. The third-order valence-electron chi connectivity index (χ3n) is 1.85. The molecular weight excluding hydrogens is 196 g/mol. The van der Waals surface area contributed by atoms with Gasteiger partial charge in [-0.2, -0.15) is 5.10 Å². The van der Waals surface area contributed by atoms with Gasteiger partial charge in [0.05, 0.1) is 17.3 Å². The highest BCUT2D eigenvalue weighted by Crippen LogP contribution is 2.34. The van der Waals surface area contributed by atoms with Gasteiger partial charge in [-0.3, -0.25) is 4.68 Å². The Morgan fingerprint density at radius 2 is 2.00 bits per heavy atom. The van der Waals surface area contributed by atoms with Crippen molar-refractivity contribution in [2.75, 3.05) is 0 Å². The molecule has 0 unspecified atom stereocenters. The van der Waals surface area contributed by atoms with Crippen LogP contribution in [0.3, 0.4) is 0 Å². The smallest absolute Gasteiger partial charge is 0.0999 e. The monoisotopic (exact) mass is 214 g/mol. The van der Waals surface area contributed by atoms with Crippen LogP contribution in [0.25, 0.3) is 0 Å². The summed E-state index contributed by atoms with van der Waals surface area (Å²) in [7, 11) is 1.92. The van der Waals surface area contributed by atoms with Crippen LogP contribution in [0.2, 0.25) is 0 Å². The first-order valence-corrected chi connectivity index (χ1v) is 5.49. The quantitative estimate of drug-likeness (QED) is 0.766. The molecule has 0 aliphatic rings. The predicted molar refractivity (Wildman–Crippen MR) is 59.5 cm³/mol. The van der Waals surface area contributed by atoms with Crippen molar-refractivity contribution in [2.45, 2.75) is 44.1 Å². The summed E-state index contributed by atoms with van der Waals surface area (Å²) in [6, 6.07) is 0. The summed E-state index contributed by atoms with van der Waals surface area (Å²) in [4.78, 5) is 0. The molecule has 1 N–H and O–H groups in total. The van der Waals surface area contributed by atoms with Crippen molar-refractivity contribution in [3.05, 3.63) is 11.3 Å². The Hall–Kier alpha value is -0.480. The molecular formula is C10H18N2OS. The van der Waals surface area contributed by atoms with Crippen LogP contribution in [0, 0.1) is 6.92 Å². The Kier molecular flexibility index (Phi) is 3.27. The lowest BCUT2D eigenvalue weighted by Gasteiger charge is -2.18. The van der Waals surface area contributed by atoms with E-state index in [9.17, 15) is 5.11 Å². The summed E-state index contributed by atoms with van der Waals surface area (Å²) < 4.78 is 1.99. The van der Waals surface area contributed by atoms with Crippen molar-refractivity contribution >= 4 is 11.8 Å². The molecule has 1 heterocycles. The minimum absolute atomic E-state index is 0.0675. The Morgan fingerprint density at radius 1 is 1.43 bits per heavy atom. The molecule has 1 aromatic rings.